The van der Waals surface area contributed by atoms with Gasteiger partial charge in [0.25, 0.3) is 5.69 Å². The molecule has 9 heteroatoms. The SMILES string of the molecule is O=C(Nc1ccc([N+](=O)[O-])cc1)N[C@H]1CCS(=O)(=O)C1. The van der Waals surface area contributed by atoms with E-state index in [9.17, 15) is 23.3 Å². The molecule has 1 aromatic rings. The van der Waals surface area contributed by atoms with Crippen LogP contribution < -0.4 is 10.6 Å². The minimum absolute atomic E-state index is 0.0549. The number of carbonyl (C=O) groups excluding carboxylic acids is 1. The Morgan fingerprint density at radius 1 is 1.30 bits per heavy atom. The van der Waals surface area contributed by atoms with E-state index in [1.165, 1.54) is 24.3 Å². The van der Waals surface area contributed by atoms with Gasteiger partial charge in [-0.25, -0.2) is 13.2 Å². The van der Waals surface area contributed by atoms with Crippen molar-refractivity contribution in [3.05, 3.63) is 34.4 Å². The Morgan fingerprint density at radius 2 is 1.95 bits per heavy atom. The molecular formula is C11H13N3O5S. The molecule has 2 rings (SSSR count). The standard InChI is InChI=1S/C11H13N3O5S/c15-11(13-9-5-6-20(18,19)7-9)12-8-1-3-10(4-2-8)14(16)17/h1-4,9H,5-7H2,(H2,12,13,15)/t9-/m0/s1. The zero-order valence-corrected chi connectivity index (χ0v) is 11.2. The van der Waals surface area contributed by atoms with E-state index in [1.807, 2.05) is 0 Å². The largest absolute Gasteiger partial charge is 0.334 e. The van der Waals surface area contributed by atoms with Crippen LogP contribution in [0, 0.1) is 10.1 Å². The third kappa shape index (κ3) is 3.67. The average Bonchev–Trinajstić information content (AvgIpc) is 2.69. The third-order valence-corrected chi connectivity index (χ3v) is 4.67. The number of sulfone groups is 1. The molecule has 8 nitrogen and oxygen atoms in total. The van der Waals surface area contributed by atoms with Crippen LogP contribution in [0.4, 0.5) is 16.2 Å². The van der Waals surface area contributed by atoms with E-state index in [0.29, 0.717) is 12.1 Å². The highest BCUT2D eigenvalue weighted by Gasteiger charge is 2.28. The van der Waals surface area contributed by atoms with Gasteiger partial charge in [0, 0.05) is 23.9 Å². The second-order valence-corrected chi connectivity index (χ2v) is 6.73. The highest BCUT2D eigenvalue weighted by atomic mass is 32.2. The van der Waals surface area contributed by atoms with Crippen LogP contribution in [0.5, 0.6) is 0 Å². The molecule has 20 heavy (non-hydrogen) atoms. The van der Waals surface area contributed by atoms with Crippen LogP contribution in [-0.4, -0.2) is 36.9 Å². The van der Waals surface area contributed by atoms with Gasteiger partial charge in [0.05, 0.1) is 16.4 Å². The van der Waals surface area contributed by atoms with Crippen molar-refractivity contribution in [2.75, 3.05) is 16.8 Å². The van der Waals surface area contributed by atoms with Crippen LogP contribution in [0.2, 0.25) is 0 Å². The minimum atomic E-state index is -3.05. The molecule has 0 unspecified atom stereocenters. The molecule has 0 aromatic heterocycles. The zero-order chi connectivity index (χ0) is 14.8. The van der Waals surface area contributed by atoms with Gasteiger partial charge in [-0.15, -0.1) is 0 Å². The molecule has 2 amide bonds. The lowest BCUT2D eigenvalue weighted by molar-refractivity contribution is -0.384. The lowest BCUT2D eigenvalue weighted by atomic mass is 10.2. The number of hydrogen-bond donors (Lipinski definition) is 2. The highest BCUT2D eigenvalue weighted by Crippen LogP contribution is 2.16. The molecule has 1 atom stereocenters. The number of carbonyl (C=O) groups is 1. The summed E-state index contributed by atoms with van der Waals surface area (Å²) < 4.78 is 22.5. The average molecular weight is 299 g/mol. The lowest BCUT2D eigenvalue weighted by Crippen LogP contribution is -2.38. The highest BCUT2D eigenvalue weighted by molar-refractivity contribution is 7.91. The summed E-state index contributed by atoms with van der Waals surface area (Å²) in [7, 11) is -3.05. The predicted molar refractivity (Wildman–Crippen MR) is 72.3 cm³/mol. The Labute approximate surface area is 115 Å². The number of nitro groups is 1. The van der Waals surface area contributed by atoms with Gasteiger partial charge in [0.1, 0.15) is 0 Å². The van der Waals surface area contributed by atoms with Crippen LogP contribution in [0.3, 0.4) is 0 Å². The van der Waals surface area contributed by atoms with Gasteiger partial charge >= 0.3 is 6.03 Å². The number of benzene rings is 1. The molecule has 1 heterocycles. The molecule has 1 fully saturated rings. The predicted octanol–water partition coefficient (Wildman–Crippen LogP) is 0.903. The van der Waals surface area contributed by atoms with Crippen molar-refractivity contribution in [2.45, 2.75) is 12.5 Å². The van der Waals surface area contributed by atoms with E-state index >= 15 is 0 Å². The summed E-state index contributed by atoms with van der Waals surface area (Å²) in [6, 6.07) is 4.44. The van der Waals surface area contributed by atoms with Crippen molar-refractivity contribution < 1.29 is 18.1 Å². The number of nitrogens with one attached hydrogen (secondary N) is 2. The fourth-order valence-corrected chi connectivity index (χ4v) is 3.60. The Hall–Kier alpha value is -2.16. The number of rotatable bonds is 3. The Bertz CT molecular complexity index is 626. The number of amides is 2. The van der Waals surface area contributed by atoms with Gasteiger partial charge in [0.15, 0.2) is 9.84 Å². The summed E-state index contributed by atoms with van der Waals surface area (Å²) in [4.78, 5) is 21.6. The maximum atomic E-state index is 11.6. The quantitative estimate of drug-likeness (QED) is 0.635. The smallest absolute Gasteiger partial charge is 0.319 e. The van der Waals surface area contributed by atoms with Crippen molar-refractivity contribution in [2.24, 2.45) is 0 Å². The van der Waals surface area contributed by atoms with Crippen LogP contribution >= 0.6 is 0 Å². The molecular weight excluding hydrogens is 286 g/mol. The number of non-ortho nitro benzene ring substituents is 1. The first kappa shape index (κ1) is 14.3. The van der Waals surface area contributed by atoms with E-state index in [2.05, 4.69) is 10.6 Å². The first-order valence-electron chi connectivity index (χ1n) is 5.88. The summed E-state index contributed by atoms with van der Waals surface area (Å²) in [6.07, 6.45) is 0.399. The molecule has 1 saturated heterocycles. The first-order valence-corrected chi connectivity index (χ1v) is 7.70. The van der Waals surface area contributed by atoms with E-state index in [4.69, 9.17) is 0 Å². The fraction of sp³-hybridized carbons (Fsp3) is 0.364. The lowest BCUT2D eigenvalue weighted by Gasteiger charge is -2.11. The molecule has 1 aliphatic heterocycles. The minimum Gasteiger partial charge on any atom is -0.334 e. The van der Waals surface area contributed by atoms with Crippen LogP contribution in [0.25, 0.3) is 0 Å². The zero-order valence-electron chi connectivity index (χ0n) is 10.4. The van der Waals surface area contributed by atoms with Gasteiger partial charge in [-0.1, -0.05) is 0 Å². The summed E-state index contributed by atoms with van der Waals surface area (Å²) in [5.74, 6) is 0.0240. The molecule has 108 valence electrons. The van der Waals surface area contributed by atoms with E-state index in [0.717, 1.165) is 0 Å². The van der Waals surface area contributed by atoms with Gasteiger partial charge in [0.2, 0.25) is 0 Å². The van der Waals surface area contributed by atoms with Crippen LogP contribution in [0.15, 0.2) is 24.3 Å². The number of nitro benzene ring substituents is 1. The molecule has 2 N–H and O–H groups in total. The first-order chi connectivity index (χ1) is 9.35. The van der Waals surface area contributed by atoms with E-state index in [-0.39, 0.29) is 17.2 Å². The Morgan fingerprint density at radius 3 is 2.45 bits per heavy atom. The molecule has 0 bridgehead atoms. The van der Waals surface area contributed by atoms with Gasteiger partial charge in [-0.3, -0.25) is 10.1 Å². The summed E-state index contributed by atoms with van der Waals surface area (Å²) in [6.45, 7) is 0. The number of anilines is 1. The van der Waals surface area contributed by atoms with Crippen molar-refractivity contribution >= 4 is 27.2 Å². The second kappa shape index (κ2) is 5.45. The Kier molecular flexibility index (Phi) is 3.89. The maximum Gasteiger partial charge on any atom is 0.319 e. The fourth-order valence-electron chi connectivity index (χ4n) is 1.93. The van der Waals surface area contributed by atoms with Gasteiger partial charge in [-0.2, -0.15) is 0 Å². The van der Waals surface area contributed by atoms with E-state index in [1.54, 1.807) is 0 Å². The van der Waals surface area contributed by atoms with Crippen molar-refractivity contribution in [1.82, 2.24) is 5.32 Å². The topological polar surface area (TPSA) is 118 Å². The molecule has 0 saturated carbocycles. The van der Waals surface area contributed by atoms with E-state index < -0.39 is 26.8 Å². The summed E-state index contributed by atoms with van der Waals surface area (Å²) >= 11 is 0. The molecule has 1 aliphatic rings. The van der Waals surface area contributed by atoms with Gasteiger partial charge in [-0.05, 0) is 18.6 Å². The molecule has 0 aliphatic carbocycles. The van der Waals surface area contributed by atoms with Crippen molar-refractivity contribution in [3.8, 4) is 0 Å². The van der Waals surface area contributed by atoms with Crippen LogP contribution in [-0.2, 0) is 9.84 Å². The summed E-state index contributed by atoms with van der Waals surface area (Å²) in [5, 5.41) is 15.5. The molecule has 0 spiro atoms. The third-order valence-electron chi connectivity index (χ3n) is 2.90. The maximum absolute atomic E-state index is 11.6. The monoisotopic (exact) mass is 299 g/mol. The molecule has 1 aromatic carbocycles. The van der Waals surface area contributed by atoms with Gasteiger partial charge < -0.3 is 10.6 Å². The number of nitrogens with zero attached hydrogens (tertiary/aromatic N) is 1. The normalized spacial score (nSPS) is 20.3. The van der Waals surface area contributed by atoms with Crippen molar-refractivity contribution in [3.63, 3.8) is 0 Å². The van der Waals surface area contributed by atoms with Crippen LogP contribution in [0.1, 0.15) is 6.42 Å². The van der Waals surface area contributed by atoms with Crippen molar-refractivity contribution in [1.29, 1.82) is 0 Å². The summed E-state index contributed by atoms with van der Waals surface area (Å²) in [5.41, 5.74) is 0.326. The molecule has 0 radical (unpaired) electrons. The Balaban J connectivity index is 1.90. The second-order valence-electron chi connectivity index (χ2n) is 4.50. The number of urea groups is 1. The number of hydrogen-bond acceptors (Lipinski definition) is 5.